The Bertz CT molecular complexity index is 562. The van der Waals surface area contributed by atoms with Crippen LogP contribution in [0, 0.1) is 5.82 Å². The number of aromatic carboxylic acids is 1. The molecule has 92 valence electrons. The van der Waals surface area contributed by atoms with E-state index in [1.54, 1.807) is 12.1 Å². The van der Waals surface area contributed by atoms with Crippen LogP contribution in [0.3, 0.4) is 0 Å². The molecule has 0 radical (unpaired) electrons. The molecule has 0 bridgehead atoms. The SMILES string of the molecule is O=C(O)c1ccnc(NCc2cccnn2)c1F. The second kappa shape index (κ2) is 5.17. The minimum Gasteiger partial charge on any atom is -0.478 e. The summed E-state index contributed by atoms with van der Waals surface area (Å²) in [4.78, 5) is 14.5. The Morgan fingerprint density at radius 3 is 2.89 bits per heavy atom. The van der Waals surface area contributed by atoms with E-state index in [4.69, 9.17) is 5.11 Å². The van der Waals surface area contributed by atoms with Crippen molar-refractivity contribution in [3.63, 3.8) is 0 Å². The molecule has 0 spiro atoms. The van der Waals surface area contributed by atoms with Gasteiger partial charge in [0, 0.05) is 12.4 Å². The molecular formula is C11H9FN4O2. The van der Waals surface area contributed by atoms with Gasteiger partial charge >= 0.3 is 5.97 Å². The fourth-order valence-corrected chi connectivity index (χ4v) is 1.33. The Morgan fingerprint density at radius 1 is 1.39 bits per heavy atom. The van der Waals surface area contributed by atoms with Crippen LogP contribution in [0.25, 0.3) is 0 Å². The van der Waals surface area contributed by atoms with Crippen LogP contribution in [0.2, 0.25) is 0 Å². The van der Waals surface area contributed by atoms with E-state index in [1.165, 1.54) is 12.4 Å². The molecule has 0 fully saturated rings. The van der Waals surface area contributed by atoms with E-state index in [0.717, 1.165) is 6.07 Å². The third kappa shape index (κ3) is 2.57. The van der Waals surface area contributed by atoms with Crippen molar-refractivity contribution in [1.82, 2.24) is 15.2 Å². The summed E-state index contributed by atoms with van der Waals surface area (Å²) >= 11 is 0. The standard InChI is InChI=1S/C11H9FN4O2/c12-9-8(11(17)18)3-5-13-10(9)14-6-7-2-1-4-15-16-7/h1-5H,6H2,(H,13,14)(H,17,18). The average Bonchev–Trinajstić information content (AvgIpc) is 2.38. The maximum atomic E-state index is 13.7. The van der Waals surface area contributed by atoms with E-state index >= 15 is 0 Å². The van der Waals surface area contributed by atoms with Crippen molar-refractivity contribution in [3.05, 3.63) is 47.7 Å². The number of carbonyl (C=O) groups is 1. The largest absolute Gasteiger partial charge is 0.478 e. The Hall–Kier alpha value is -2.57. The topological polar surface area (TPSA) is 88.0 Å². The number of rotatable bonds is 4. The second-order valence-electron chi connectivity index (χ2n) is 3.39. The van der Waals surface area contributed by atoms with E-state index in [0.29, 0.717) is 5.69 Å². The van der Waals surface area contributed by atoms with Gasteiger partial charge in [-0.05, 0) is 18.2 Å². The summed E-state index contributed by atoms with van der Waals surface area (Å²) < 4.78 is 13.7. The first-order valence-corrected chi connectivity index (χ1v) is 5.06. The number of aromatic nitrogens is 3. The number of nitrogens with zero attached hydrogens (tertiary/aromatic N) is 3. The summed E-state index contributed by atoms with van der Waals surface area (Å²) in [6.07, 6.45) is 2.75. The molecule has 0 aromatic carbocycles. The highest BCUT2D eigenvalue weighted by Gasteiger charge is 2.14. The van der Waals surface area contributed by atoms with E-state index in [9.17, 15) is 9.18 Å². The third-order valence-electron chi connectivity index (χ3n) is 2.18. The molecule has 0 aliphatic rings. The van der Waals surface area contributed by atoms with Crippen molar-refractivity contribution >= 4 is 11.8 Å². The highest BCUT2D eigenvalue weighted by atomic mass is 19.1. The number of nitrogens with one attached hydrogen (secondary N) is 1. The summed E-state index contributed by atoms with van der Waals surface area (Å²) in [5.41, 5.74) is 0.172. The molecule has 2 aromatic heterocycles. The molecule has 0 saturated heterocycles. The van der Waals surface area contributed by atoms with Crippen molar-refractivity contribution < 1.29 is 14.3 Å². The monoisotopic (exact) mass is 248 g/mol. The first-order chi connectivity index (χ1) is 8.68. The molecule has 0 atom stereocenters. The minimum atomic E-state index is -1.34. The summed E-state index contributed by atoms with van der Waals surface area (Å²) in [5.74, 6) is -2.35. The van der Waals surface area contributed by atoms with Crippen LogP contribution in [0.1, 0.15) is 16.1 Å². The first-order valence-electron chi connectivity index (χ1n) is 5.06. The fraction of sp³-hybridized carbons (Fsp3) is 0.0909. The molecule has 2 rings (SSSR count). The molecule has 2 heterocycles. The zero-order valence-corrected chi connectivity index (χ0v) is 9.17. The highest BCUT2D eigenvalue weighted by molar-refractivity contribution is 5.88. The molecule has 0 aliphatic carbocycles. The molecule has 18 heavy (non-hydrogen) atoms. The predicted molar refractivity (Wildman–Crippen MR) is 60.5 cm³/mol. The Labute approximate surface area is 102 Å². The van der Waals surface area contributed by atoms with Crippen LogP contribution in [-0.4, -0.2) is 26.3 Å². The second-order valence-corrected chi connectivity index (χ2v) is 3.39. The Kier molecular flexibility index (Phi) is 3.42. The van der Waals surface area contributed by atoms with Gasteiger partial charge in [-0.1, -0.05) is 0 Å². The molecule has 0 unspecified atom stereocenters. The summed E-state index contributed by atoms with van der Waals surface area (Å²) in [6.45, 7) is 0.209. The molecular weight excluding hydrogens is 239 g/mol. The highest BCUT2D eigenvalue weighted by Crippen LogP contribution is 2.15. The zero-order chi connectivity index (χ0) is 13.0. The normalized spacial score (nSPS) is 10.1. The zero-order valence-electron chi connectivity index (χ0n) is 9.17. The number of carboxylic acid groups (broad SMARTS) is 1. The van der Waals surface area contributed by atoms with Gasteiger partial charge in [0.15, 0.2) is 11.6 Å². The molecule has 0 aliphatic heterocycles. The molecule has 2 aromatic rings. The molecule has 7 heteroatoms. The summed E-state index contributed by atoms with van der Waals surface area (Å²) in [7, 11) is 0. The van der Waals surface area contributed by atoms with Gasteiger partial charge < -0.3 is 10.4 Å². The van der Waals surface area contributed by atoms with Crippen molar-refractivity contribution in [2.24, 2.45) is 0 Å². The number of halogens is 1. The van der Waals surface area contributed by atoms with Crippen LogP contribution in [-0.2, 0) is 6.54 Å². The van der Waals surface area contributed by atoms with Crippen molar-refractivity contribution in [2.75, 3.05) is 5.32 Å². The average molecular weight is 248 g/mol. The summed E-state index contributed by atoms with van der Waals surface area (Å²) in [6, 6.07) is 4.51. The number of anilines is 1. The van der Waals surface area contributed by atoms with Gasteiger partial charge in [-0.2, -0.15) is 10.2 Å². The van der Waals surface area contributed by atoms with Gasteiger partial charge in [-0.15, -0.1) is 0 Å². The fourth-order valence-electron chi connectivity index (χ4n) is 1.33. The summed E-state index contributed by atoms with van der Waals surface area (Å²) in [5, 5.41) is 18.9. The van der Waals surface area contributed by atoms with Crippen molar-refractivity contribution in [1.29, 1.82) is 0 Å². The van der Waals surface area contributed by atoms with Crippen LogP contribution in [0.15, 0.2) is 30.6 Å². The quantitative estimate of drug-likeness (QED) is 0.848. The third-order valence-corrected chi connectivity index (χ3v) is 2.18. The minimum absolute atomic E-state index is 0.124. The van der Waals surface area contributed by atoms with Crippen molar-refractivity contribution in [2.45, 2.75) is 6.54 Å². The lowest BCUT2D eigenvalue weighted by Crippen LogP contribution is -2.09. The lowest BCUT2D eigenvalue weighted by Gasteiger charge is -2.06. The Morgan fingerprint density at radius 2 is 2.22 bits per heavy atom. The van der Waals surface area contributed by atoms with E-state index < -0.39 is 17.3 Å². The predicted octanol–water partition coefficient (Wildman–Crippen LogP) is 1.32. The van der Waals surface area contributed by atoms with Crippen molar-refractivity contribution in [3.8, 4) is 0 Å². The van der Waals surface area contributed by atoms with Gasteiger partial charge in [-0.25, -0.2) is 14.2 Å². The lowest BCUT2D eigenvalue weighted by molar-refractivity contribution is 0.0692. The smallest absolute Gasteiger partial charge is 0.338 e. The lowest BCUT2D eigenvalue weighted by atomic mass is 10.2. The first kappa shape index (κ1) is 11.9. The van der Waals surface area contributed by atoms with Crippen LogP contribution < -0.4 is 5.32 Å². The van der Waals surface area contributed by atoms with Crippen LogP contribution in [0.5, 0.6) is 0 Å². The Balaban J connectivity index is 2.15. The van der Waals surface area contributed by atoms with Gasteiger partial charge in [-0.3, -0.25) is 0 Å². The molecule has 6 nitrogen and oxygen atoms in total. The number of hydrogen-bond acceptors (Lipinski definition) is 5. The molecule has 2 N–H and O–H groups in total. The van der Waals surface area contributed by atoms with Crippen LogP contribution in [0.4, 0.5) is 10.2 Å². The van der Waals surface area contributed by atoms with Gasteiger partial charge in [0.05, 0.1) is 12.2 Å². The van der Waals surface area contributed by atoms with E-state index in [1.807, 2.05) is 0 Å². The maximum Gasteiger partial charge on any atom is 0.338 e. The number of hydrogen-bond donors (Lipinski definition) is 2. The van der Waals surface area contributed by atoms with E-state index in [2.05, 4.69) is 20.5 Å². The number of carboxylic acids is 1. The van der Waals surface area contributed by atoms with Gasteiger partial charge in [0.25, 0.3) is 0 Å². The van der Waals surface area contributed by atoms with Gasteiger partial charge in [0.2, 0.25) is 0 Å². The van der Waals surface area contributed by atoms with E-state index in [-0.39, 0.29) is 12.4 Å². The van der Waals surface area contributed by atoms with Crippen LogP contribution >= 0.6 is 0 Å². The molecule has 0 saturated carbocycles. The maximum absolute atomic E-state index is 13.7. The number of pyridine rings is 1. The van der Waals surface area contributed by atoms with Gasteiger partial charge in [0.1, 0.15) is 5.56 Å². The molecule has 0 amide bonds.